The topological polar surface area (TPSA) is 83.5 Å². The average molecular weight is 464 g/mol. The van der Waals surface area contributed by atoms with Crippen LogP contribution >= 0.6 is 0 Å². The van der Waals surface area contributed by atoms with Crippen molar-refractivity contribution in [3.63, 3.8) is 0 Å². The molecule has 2 aromatic rings. The molecule has 1 amide bonds. The number of carboxylic acids is 1. The molecule has 0 bridgehead atoms. The molecular weight excluding hydrogens is 426 g/mol. The molecule has 1 fully saturated rings. The van der Waals surface area contributed by atoms with E-state index >= 15 is 0 Å². The van der Waals surface area contributed by atoms with E-state index in [4.69, 9.17) is 0 Å². The fourth-order valence-electron chi connectivity index (χ4n) is 4.96. The third kappa shape index (κ3) is 7.54. The number of rotatable bonds is 11. The molecule has 0 heterocycles. The van der Waals surface area contributed by atoms with Gasteiger partial charge < -0.3 is 10.4 Å². The van der Waals surface area contributed by atoms with E-state index in [2.05, 4.69) is 19.2 Å². The zero-order chi connectivity index (χ0) is 24.5. The van der Waals surface area contributed by atoms with E-state index in [9.17, 15) is 19.5 Å². The van der Waals surface area contributed by atoms with Gasteiger partial charge in [0.05, 0.1) is 12.0 Å². The summed E-state index contributed by atoms with van der Waals surface area (Å²) in [6.45, 7) is 4.46. The molecule has 0 radical (unpaired) electrons. The van der Waals surface area contributed by atoms with E-state index in [0.717, 1.165) is 36.8 Å². The molecule has 2 N–H and O–H groups in total. The SMILES string of the molecule is CC(C)C1CCC(C(=O)N[C@H](Cc2ccccc2)C(=O)CC(Cc2ccccc2)C(=O)O)CC1. The number of amides is 1. The molecule has 182 valence electrons. The Morgan fingerprint density at radius 2 is 1.38 bits per heavy atom. The summed E-state index contributed by atoms with van der Waals surface area (Å²) in [7, 11) is 0. The van der Waals surface area contributed by atoms with Gasteiger partial charge in [0.2, 0.25) is 5.91 Å². The maximum atomic E-state index is 13.3. The number of ketones is 1. The molecule has 1 unspecified atom stereocenters. The van der Waals surface area contributed by atoms with Crippen molar-refractivity contribution >= 4 is 17.7 Å². The smallest absolute Gasteiger partial charge is 0.307 e. The lowest BCUT2D eigenvalue weighted by Gasteiger charge is -2.31. The monoisotopic (exact) mass is 463 g/mol. The molecular formula is C29H37NO4. The van der Waals surface area contributed by atoms with Gasteiger partial charge in [-0.25, -0.2) is 0 Å². The van der Waals surface area contributed by atoms with Gasteiger partial charge in [-0.1, -0.05) is 74.5 Å². The number of benzene rings is 2. The van der Waals surface area contributed by atoms with Crippen LogP contribution in [0, 0.1) is 23.7 Å². The lowest BCUT2D eigenvalue weighted by molar-refractivity contribution is -0.144. The van der Waals surface area contributed by atoms with Crippen LogP contribution in [0.3, 0.4) is 0 Å². The van der Waals surface area contributed by atoms with Crippen molar-refractivity contribution in [2.75, 3.05) is 0 Å². The lowest BCUT2D eigenvalue weighted by Crippen LogP contribution is -2.46. The van der Waals surface area contributed by atoms with Crippen molar-refractivity contribution in [1.29, 1.82) is 0 Å². The fourth-order valence-corrected chi connectivity index (χ4v) is 4.96. The molecule has 0 saturated heterocycles. The molecule has 5 heteroatoms. The summed E-state index contributed by atoms with van der Waals surface area (Å²) in [6, 6.07) is 18.2. The first-order valence-corrected chi connectivity index (χ1v) is 12.5. The van der Waals surface area contributed by atoms with Crippen LogP contribution in [0.1, 0.15) is 57.1 Å². The van der Waals surface area contributed by atoms with Crippen LogP contribution in [0.5, 0.6) is 0 Å². The van der Waals surface area contributed by atoms with E-state index < -0.39 is 17.9 Å². The van der Waals surface area contributed by atoms with Gasteiger partial charge in [-0.3, -0.25) is 14.4 Å². The third-order valence-corrected chi connectivity index (χ3v) is 7.19. The first-order valence-electron chi connectivity index (χ1n) is 12.5. The lowest BCUT2D eigenvalue weighted by atomic mass is 9.76. The van der Waals surface area contributed by atoms with Crippen LogP contribution in [0.4, 0.5) is 0 Å². The number of nitrogens with one attached hydrogen (secondary N) is 1. The zero-order valence-electron chi connectivity index (χ0n) is 20.3. The second kappa shape index (κ2) is 12.5. The van der Waals surface area contributed by atoms with Gasteiger partial charge in [0.15, 0.2) is 5.78 Å². The molecule has 0 aromatic heterocycles. The van der Waals surface area contributed by atoms with Crippen LogP contribution in [0.25, 0.3) is 0 Å². The molecule has 1 saturated carbocycles. The van der Waals surface area contributed by atoms with Crippen molar-refractivity contribution in [3.8, 4) is 0 Å². The number of hydrogen-bond acceptors (Lipinski definition) is 3. The Bertz CT molecular complexity index is 933. The van der Waals surface area contributed by atoms with Crippen LogP contribution in [0.15, 0.2) is 60.7 Å². The highest BCUT2D eigenvalue weighted by Crippen LogP contribution is 2.33. The molecule has 1 aliphatic carbocycles. The number of carbonyl (C=O) groups excluding carboxylic acids is 2. The molecule has 0 aliphatic heterocycles. The summed E-state index contributed by atoms with van der Waals surface area (Å²) in [6.07, 6.45) is 4.29. The van der Waals surface area contributed by atoms with E-state index in [-0.39, 0.29) is 30.4 Å². The van der Waals surface area contributed by atoms with Gasteiger partial charge in [-0.2, -0.15) is 0 Å². The minimum atomic E-state index is -0.992. The van der Waals surface area contributed by atoms with Gasteiger partial charge >= 0.3 is 5.97 Å². The van der Waals surface area contributed by atoms with Crippen LogP contribution in [0.2, 0.25) is 0 Å². The van der Waals surface area contributed by atoms with Gasteiger partial charge in [-0.05, 0) is 61.5 Å². The van der Waals surface area contributed by atoms with E-state index in [1.165, 1.54) is 0 Å². The zero-order valence-corrected chi connectivity index (χ0v) is 20.3. The summed E-state index contributed by atoms with van der Waals surface area (Å²) in [5.41, 5.74) is 1.83. The molecule has 3 rings (SSSR count). The van der Waals surface area contributed by atoms with Crippen molar-refractivity contribution in [2.24, 2.45) is 23.7 Å². The largest absolute Gasteiger partial charge is 0.481 e. The van der Waals surface area contributed by atoms with Crippen molar-refractivity contribution < 1.29 is 19.5 Å². The highest BCUT2D eigenvalue weighted by Gasteiger charge is 2.32. The Balaban J connectivity index is 1.69. The third-order valence-electron chi connectivity index (χ3n) is 7.19. The molecule has 1 aliphatic rings. The fraction of sp³-hybridized carbons (Fsp3) is 0.483. The van der Waals surface area contributed by atoms with Crippen LogP contribution < -0.4 is 5.32 Å². The Hall–Kier alpha value is -2.95. The first kappa shape index (κ1) is 25.7. The normalized spacial score (nSPS) is 19.9. The molecule has 0 spiro atoms. The number of aliphatic carboxylic acids is 1. The predicted molar refractivity (Wildman–Crippen MR) is 133 cm³/mol. The Labute approximate surface area is 203 Å². The summed E-state index contributed by atoms with van der Waals surface area (Å²) < 4.78 is 0. The van der Waals surface area contributed by atoms with Gasteiger partial charge in [0.25, 0.3) is 0 Å². The van der Waals surface area contributed by atoms with Gasteiger partial charge in [-0.15, -0.1) is 0 Å². The Morgan fingerprint density at radius 3 is 1.88 bits per heavy atom. The van der Waals surface area contributed by atoms with Crippen LogP contribution in [-0.2, 0) is 27.2 Å². The van der Waals surface area contributed by atoms with Gasteiger partial charge in [0, 0.05) is 12.3 Å². The standard InChI is InChI=1S/C29H37NO4/c1-20(2)23-13-15-24(16-14-23)28(32)30-26(18-22-11-7-4-8-12-22)27(31)19-25(29(33)34)17-21-9-5-3-6-10-21/h3-12,20,23-26H,13-19H2,1-2H3,(H,30,32)(H,33,34)/t23?,24?,25?,26-/m1/s1. The average Bonchev–Trinajstić information content (AvgIpc) is 2.84. The second-order valence-corrected chi connectivity index (χ2v) is 10.0. The number of carboxylic acid groups (broad SMARTS) is 1. The summed E-state index contributed by atoms with van der Waals surface area (Å²) in [5, 5.41) is 12.8. The Kier molecular flexibility index (Phi) is 9.43. The van der Waals surface area contributed by atoms with E-state index in [1.807, 2.05) is 60.7 Å². The quantitative estimate of drug-likeness (QED) is 0.487. The van der Waals surface area contributed by atoms with Crippen LogP contribution in [-0.4, -0.2) is 28.8 Å². The maximum absolute atomic E-state index is 13.3. The molecule has 2 atom stereocenters. The minimum Gasteiger partial charge on any atom is -0.481 e. The second-order valence-electron chi connectivity index (χ2n) is 10.0. The number of carbonyl (C=O) groups is 3. The predicted octanol–water partition coefficient (Wildman–Crippen LogP) is 5.08. The maximum Gasteiger partial charge on any atom is 0.307 e. The van der Waals surface area contributed by atoms with Crippen molar-refractivity contribution in [2.45, 2.75) is 64.8 Å². The van der Waals surface area contributed by atoms with Crippen molar-refractivity contribution in [1.82, 2.24) is 5.32 Å². The summed E-state index contributed by atoms with van der Waals surface area (Å²) >= 11 is 0. The molecule has 2 aromatic carbocycles. The summed E-state index contributed by atoms with van der Waals surface area (Å²) in [4.78, 5) is 38.4. The van der Waals surface area contributed by atoms with E-state index in [0.29, 0.717) is 18.3 Å². The highest BCUT2D eigenvalue weighted by molar-refractivity contribution is 5.92. The number of hydrogen-bond donors (Lipinski definition) is 2. The van der Waals surface area contributed by atoms with E-state index in [1.54, 1.807) is 0 Å². The molecule has 34 heavy (non-hydrogen) atoms. The minimum absolute atomic E-state index is 0.0774. The highest BCUT2D eigenvalue weighted by atomic mass is 16.4. The Morgan fingerprint density at radius 1 is 0.853 bits per heavy atom. The van der Waals surface area contributed by atoms with Crippen molar-refractivity contribution in [3.05, 3.63) is 71.8 Å². The van der Waals surface area contributed by atoms with Gasteiger partial charge in [0.1, 0.15) is 0 Å². The number of Topliss-reactive ketones (excluding diaryl/α,β-unsaturated/α-hetero) is 1. The molecule has 5 nitrogen and oxygen atoms in total. The first-order chi connectivity index (χ1) is 16.3. The summed E-state index contributed by atoms with van der Waals surface area (Å²) in [5.74, 6) is -0.932.